The van der Waals surface area contributed by atoms with Crippen LogP contribution >= 0.6 is 11.8 Å². The number of hydrogen-bond acceptors (Lipinski definition) is 5. The summed E-state index contributed by atoms with van der Waals surface area (Å²) in [7, 11) is 0. The molecule has 0 aromatic heterocycles. The van der Waals surface area contributed by atoms with Gasteiger partial charge in [0.05, 0.1) is 6.04 Å². The number of thioether (sulfide) groups is 1. The van der Waals surface area contributed by atoms with Crippen LogP contribution in [0, 0.1) is 18.8 Å². The molecule has 0 aliphatic carbocycles. The lowest BCUT2D eigenvalue weighted by Crippen LogP contribution is -2.53. The Morgan fingerprint density at radius 3 is 2.34 bits per heavy atom. The summed E-state index contributed by atoms with van der Waals surface area (Å²) in [6.45, 7) is 7.34. The topological polar surface area (TPSA) is 105 Å². The van der Waals surface area contributed by atoms with Crippen LogP contribution in [-0.2, 0) is 20.9 Å². The Kier molecular flexibility index (Phi) is 10.5. The van der Waals surface area contributed by atoms with E-state index in [1.807, 2.05) is 51.3 Å². The second-order valence-electron chi connectivity index (χ2n) is 8.92. The summed E-state index contributed by atoms with van der Waals surface area (Å²) in [5.41, 5.74) is 8.20. The molecule has 2 rings (SSSR count). The van der Waals surface area contributed by atoms with Crippen LogP contribution in [0.2, 0.25) is 0 Å². The minimum absolute atomic E-state index is 0.0338. The van der Waals surface area contributed by atoms with Gasteiger partial charge in [0, 0.05) is 25.6 Å². The van der Waals surface area contributed by atoms with Gasteiger partial charge in [0.15, 0.2) is 0 Å². The molecule has 1 aromatic carbocycles. The van der Waals surface area contributed by atoms with Crippen molar-refractivity contribution >= 4 is 29.5 Å². The molecule has 0 saturated carbocycles. The lowest BCUT2D eigenvalue weighted by Gasteiger charge is -2.33. The number of nitrogens with two attached hydrogens (primary N) is 1. The predicted molar refractivity (Wildman–Crippen MR) is 130 cm³/mol. The number of nitrogens with zero attached hydrogens (tertiary/aromatic N) is 1. The van der Waals surface area contributed by atoms with Crippen molar-refractivity contribution in [1.29, 1.82) is 0 Å². The first-order valence-corrected chi connectivity index (χ1v) is 12.8. The lowest BCUT2D eigenvalue weighted by atomic mass is 9.94. The molecule has 0 spiro atoms. The molecule has 1 aliphatic heterocycles. The van der Waals surface area contributed by atoms with Crippen LogP contribution in [0.25, 0.3) is 0 Å². The molecular formula is C24H38N4O3S. The van der Waals surface area contributed by atoms with Gasteiger partial charge in [0.25, 0.3) is 0 Å². The third-order valence-electron chi connectivity index (χ3n) is 5.96. The fourth-order valence-electron chi connectivity index (χ4n) is 3.78. The molecule has 2 unspecified atom stereocenters. The van der Waals surface area contributed by atoms with E-state index < -0.39 is 12.1 Å². The standard InChI is InChI=1S/C24H38N4O3S/c1-16(2)21(23(30)26-15-18-7-5-17(3)6-8-18)27-22(29)19-9-12-28(13-10-19)24(31)20(25)11-14-32-4/h5-8,16,19-21H,9-15,25H2,1-4H3,(H,26,30)(H,27,29). The molecule has 7 nitrogen and oxygen atoms in total. The van der Waals surface area contributed by atoms with Crippen LogP contribution in [0.3, 0.4) is 0 Å². The number of amides is 3. The fraction of sp³-hybridized carbons (Fsp3) is 0.625. The van der Waals surface area contributed by atoms with E-state index in [1.54, 1.807) is 16.7 Å². The summed E-state index contributed by atoms with van der Waals surface area (Å²) < 4.78 is 0. The maximum Gasteiger partial charge on any atom is 0.243 e. The van der Waals surface area contributed by atoms with Gasteiger partial charge in [-0.25, -0.2) is 0 Å². The summed E-state index contributed by atoms with van der Waals surface area (Å²) in [6.07, 6.45) is 3.83. The van der Waals surface area contributed by atoms with E-state index in [2.05, 4.69) is 10.6 Å². The smallest absolute Gasteiger partial charge is 0.243 e. The first-order valence-electron chi connectivity index (χ1n) is 11.4. The zero-order valence-electron chi connectivity index (χ0n) is 19.7. The molecule has 1 fully saturated rings. The largest absolute Gasteiger partial charge is 0.350 e. The Labute approximate surface area is 196 Å². The van der Waals surface area contributed by atoms with Crippen molar-refractivity contribution < 1.29 is 14.4 Å². The zero-order valence-corrected chi connectivity index (χ0v) is 20.5. The maximum absolute atomic E-state index is 12.9. The molecule has 1 aliphatic rings. The molecule has 0 radical (unpaired) electrons. The van der Waals surface area contributed by atoms with Gasteiger partial charge in [-0.15, -0.1) is 0 Å². The average molecular weight is 463 g/mol. The number of carbonyl (C=O) groups is 3. The highest BCUT2D eigenvalue weighted by Crippen LogP contribution is 2.19. The Balaban J connectivity index is 1.84. The molecule has 178 valence electrons. The van der Waals surface area contributed by atoms with Gasteiger partial charge in [-0.2, -0.15) is 11.8 Å². The van der Waals surface area contributed by atoms with Gasteiger partial charge in [0.2, 0.25) is 17.7 Å². The number of hydrogen-bond donors (Lipinski definition) is 3. The number of aryl methyl sites for hydroxylation is 1. The summed E-state index contributed by atoms with van der Waals surface area (Å²) in [6, 6.07) is 6.93. The van der Waals surface area contributed by atoms with Gasteiger partial charge >= 0.3 is 0 Å². The van der Waals surface area contributed by atoms with Crippen molar-refractivity contribution in [2.45, 2.75) is 58.7 Å². The molecule has 0 bridgehead atoms. The molecule has 1 aromatic rings. The van der Waals surface area contributed by atoms with Crippen LogP contribution in [0.1, 0.15) is 44.2 Å². The summed E-state index contributed by atoms with van der Waals surface area (Å²) in [5.74, 6) is 0.289. The first kappa shape index (κ1) is 26.2. The molecule has 32 heavy (non-hydrogen) atoms. The summed E-state index contributed by atoms with van der Waals surface area (Å²) in [4.78, 5) is 39.9. The van der Waals surface area contributed by atoms with Crippen molar-refractivity contribution in [2.75, 3.05) is 25.1 Å². The second-order valence-corrected chi connectivity index (χ2v) is 9.91. The molecule has 4 N–H and O–H groups in total. The normalized spacial score (nSPS) is 16.5. The Morgan fingerprint density at radius 1 is 1.16 bits per heavy atom. The number of rotatable bonds is 10. The number of benzene rings is 1. The van der Waals surface area contributed by atoms with Crippen molar-refractivity contribution in [3.8, 4) is 0 Å². The van der Waals surface area contributed by atoms with Gasteiger partial charge in [-0.05, 0) is 49.7 Å². The molecule has 1 heterocycles. The third kappa shape index (κ3) is 7.81. The second kappa shape index (κ2) is 12.8. The van der Waals surface area contributed by atoms with E-state index in [0.717, 1.165) is 11.3 Å². The van der Waals surface area contributed by atoms with Gasteiger partial charge in [0.1, 0.15) is 6.04 Å². The van der Waals surface area contributed by atoms with Crippen molar-refractivity contribution in [3.05, 3.63) is 35.4 Å². The maximum atomic E-state index is 12.9. The Hall–Kier alpha value is -2.06. The summed E-state index contributed by atoms with van der Waals surface area (Å²) >= 11 is 1.67. The van der Waals surface area contributed by atoms with E-state index in [-0.39, 0.29) is 29.6 Å². The van der Waals surface area contributed by atoms with Crippen LogP contribution in [0.4, 0.5) is 0 Å². The molecular weight excluding hydrogens is 424 g/mol. The van der Waals surface area contributed by atoms with Crippen molar-refractivity contribution in [1.82, 2.24) is 15.5 Å². The van der Waals surface area contributed by atoms with Gasteiger partial charge in [-0.1, -0.05) is 43.7 Å². The average Bonchev–Trinajstić information content (AvgIpc) is 2.79. The lowest BCUT2D eigenvalue weighted by molar-refractivity contribution is -0.137. The molecule has 1 saturated heterocycles. The summed E-state index contributed by atoms with van der Waals surface area (Å²) in [5, 5.41) is 5.88. The zero-order chi connectivity index (χ0) is 23.7. The fourth-order valence-corrected chi connectivity index (χ4v) is 4.27. The Morgan fingerprint density at radius 2 is 1.78 bits per heavy atom. The molecule has 3 amide bonds. The van der Waals surface area contributed by atoms with Crippen LogP contribution in [-0.4, -0.2) is 59.8 Å². The van der Waals surface area contributed by atoms with E-state index in [1.165, 1.54) is 5.56 Å². The highest BCUT2D eigenvalue weighted by molar-refractivity contribution is 7.98. The van der Waals surface area contributed by atoms with Crippen LogP contribution < -0.4 is 16.4 Å². The van der Waals surface area contributed by atoms with E-state index in [0.29, 0.717) is 38.9 Å². The number of piperidine rings is 1. The quantitative estimate of drug-likeness (QED) is 0.494. The number of nitrogens with one attached hydrogen (secondary N) is 2. The third-order valence-corrected chi connectivity index (χ3v) is 6.61. The van der Waals surface area contributed by atoms with Crippen molar-refractivity contribution in [2.24, 2.45) is 17.6 Å². The van der Waals surface area contributed by atoms with Crippen molar-refractivity contribution in [3.63, 3.8) is 0 Å². The van der Waals surface area contributed by atoms with Crippen LogP contribution in [0.5, 0.6) is 0 Å². The van der Waals surface area contributed by atoms with Gasteiger partial charge in [-0.3, -0.25) is 14.4 Å². The molecule has 8 heteroatoms. The highest BCUT2D eigenvalue weighted by Gasteiger charge is 2.32. The number of likely N-dealkylation sites (tertiary alicyclic amines) is 1. The van der Waals surface area contributed by atoms with Gasteiger partial charge < -0.3 is 21.3 Å². The van der Waals surface area contributed by atoms with E-state index >= 15 is 0 Å². The molecule has 2 atom stereocenters. The Bertz CT molecular complexity index is 761. The van der Waals surface area contributed by atoms with E-state index in [9.17, 15) is 14.4 Å². The predicted octanol–water partition coefficient (Wildman–Crippen LogP) is 2.07. The minimum atomic E-state index is -0.590. The van der Waals surface area contributed by atoms with Crippen LogP contribution in [0.15, 0.2) is 24.3 Å². The highest BCUT2D eigenvalue weighted by atomic mass is 32.2. The monoisotopic (exact) mass is 462 g/mol. The number of carbonyl (C=O) groups excluding carboxylic acids is 3. The first-order chi connectivity index (χ1) is 15.2. The SMILES string of the molecule is CSCCC(N)C(=O)N1CCC(C(=O)NC(C(=O)NCc2ccc(C)cc2)C(C)C)CC1. The van der Waals surface area contributed by atoms with E-state index in [4.69, 9.17) is 5.73 Å². The minimum Gasteiger partial charge on any atom is -0.350 e.